The van der Waals surface area contributed by atoms with E-state index in [4.69, 9.17) is 4.74 Å². The van der Waals surface area contributed by atoms with Crippen LogP contribution in [0.5, 0.6) is 11.6 Å². The number of amides is 1. The predicted molar refractivity (Wildman–Crippen MR) is 137 cm³/mol. The van der Waals surface area contributed by atoms with Crippen LogP contribution < -0.4 is 9.64 Å². The number of aromatic hydroxyl groups is 1. The van der Waals surface area contributed by atoms with Crippen LogP contribution in [0.2, 0.25) is 0 Å². The fraction of sp³-hybridized carbons (Fsp3) is 0.214. The van der Waals surface area contributed by atoms with Crippen molar-refractivity contribution in [3.05, 3.63) is 101 Å². The molecule has 0 saturated carbocycles. The maximum Gasteiger partial charge on any atom is 0.235 e. The highest BCUT2D eigenvalue weighted by Crippen LogP contribution is 2.37. The van der Waals surface area contributed by atoms with E-state index < -0.39 is 5.92 Å². The number of hydrogen-bond acceptors (Lipinski definition) is 6. The summed E-state index contributed by atoms with van der Waals surface area (Å²) in [6, 6.07) is 12.9. The van der Waals surface area contributed by atoms with Crippen LogP contribution in [0.25, 0.3) is 6.08 Å². The summed E-state index contributed by atoms with van der Waals surface area (Å²) in [7, 11) is 1.56. The van der Waals surface area contributed by atoms with Gasteiger partial charge in [-0.05, 0) is 48.7 Å². The van der Waals surface area contributed by atoms with Crippen LogP contribution in [0.3, 0.4) is 0 Å². The predicted octanol–water partition coefficient (Wildman–Crippen LogP) is 4.48. The van der Waals surface area contributed by atoms with Gasteiger partial charge in [0.05, 0.1) is 49.9 Å². The number of hydrogen-bond donors (Lipinski definition) is 1. The van der Waals surface area contributed by atoms with Crippen LogP contribution in [-0.4, -0.2) is 37.9 Å². The van der Waals surface area contributed by atoms with E-state index in [1.165, 1.54) is 0 Å². The molecule has 36 heavy (non-hydrogen) atoms. The first-order chi connectivity index (χ1) is 17.5. The number of anilines is 1. The molecule has 1 N–H and O–H groups in total. The second kappa shape index (κ2) is 10.0. The highest BCUT2D eigenvalue weighted by molar-refractivity contribution is 5.99. The van der Waals surface area contributed by atoms with Crippen molar-refractivity contribution in [1.29, 1.82) is 0 Å². The lowest BCUT2D eigenvalue weighted by molar-refractivity contribution is -0.120. The lowest BCUT2D eigenvalue weighted by Gasteiger charge is -2.29. The second-order valence-corrected chi connectivity index (χ2v) is 8.82. The number of aryl methyl sites for hydroxylation is 1. The van der Waals surface area contributed by atoms with Gasteiger partial charge >= 0.3 is 0 Å². The summed E-state index contributed by atoms with van der Waals surface area (Å²) in [6.07, 6.45) is 11.5. The molecule has 1 aliphatic rings. The fourth-order valence-electron chi connectivity index (χ4n) is 4.48. The number of phenols is 1. The molecule has 3 heterocycles. The SMILES string of the molecule is COc1ccc(N(Cc2cnn(Cc3cc(C)ccn3)c2)C(=O)C2CC=Cc3c(O)cccc32)cn1. The van der Waals surface area contributed by atoms with Crippen LogP contribution in [0.4, 0.5) is 5.69 Å². The van der Waals surface area contributed by atoms with Crippen molar-refractivity contribution in [3.8, 4) is 11.6 Å². The third kappa shape index (κ3) is 4.84. The van der Waals surface area contributed by atoms with Gasteiger partial charge in [0.15, 0.2) is 0 Å². The van der Waals surface area contributed by atoms with Crippen LogP contribution in [0, 0.1) is 6.92 Å². The molecule has 3 aromatic heterocycles. The monoisotopic (exact) mass is 481 g/mol. The largest absolute Gasteiger partial charge is 0.507 e. The lowest BCUT2D eigenvalue weighted by atomic mass is 9.85. The maximum absolute atomic E-state index is 14.0. The van der Waals surface area contributed by atoms with E-state index >= 15 is 0 Å². The molecular formula is C28H27N5O3. The van der Waals surface area contributed by atoms with Crippen LogP contribution in [0.1, 0.15) is 40.3 Å². The van der Waals surface area contributed by atoms with E-state index in [1.54, 1.807) is 48.8 Å². The number of allylic oxidation sites excluding steroid dienone is 1. The Hall–Kier alpha value is -4.46. The normalized spacial score (nSPS) is 14.3. The number of rotatable bonds is 7. The highest BCUT2D eigenvalue weighted by Gasteiger charge is 2.30. The molecular weight excluding hydrogens is 454 g/mol. The van der Waals surface area contributed by atoms with Crippen molar-refractivity contribution in [2.75, 3.05) is 12.0 Å². The quantitative estimate of drug-likeness (QED) is 0.418. The number of aromatic nitrogens is 4. The van der Waals surface area contributed by atoms with Gasteiger partial charge in [-0.15, -0.1) is 0 Å². The molecule has 0 spiro atoms. The Kier molecular flexibility index (Phi) is 6.49. The summed E-state index contributed by atoms with van der Waals surface area (Å²) in [4.78, 5) is 24.4. The van der Waals surface area contributed by atoms with E-state index in [0.717, 1.165) is 22.4 Å². The first-order valence-electron chi connectivity index (χ1n) is 11.7. The zero-order chi connectivity index (χ0) is 25.1. The first kappa shape index (κ1) is 23.3. The smallest absolute Gasteiger partial charge is 0.235 e. The molecule has 0 radical (unpaired) electrons. The molecule has 1 aliphatic carbocycles. The lowest BCUT2D eigenvalue weighted by Crippen LogP contribution is -2.35. The molecule has 0 aliphatic heterocycles. The van der Waals surface area contributed by atoms with Gasteiger partial charge in [0.25, 0.3) is 0 Å². The number of benzene rings is 1. The van der Waals surface area contributed by atoms with E-state index in [1.807, 2.05) is 54.2 Å². The molecule has 8 nitrogen and oxygen atoms in total. The number of methoxy groups -OCH3 is 1. The Morgan fingerprint density at radius 2 is 2.08 bits per heavy atom. The van der Waals surface area contributed by atoms with Crippen molar-refractivity contribution in [2.24, 2.45) is 0 Å². The summed E-state index contributed by atoms with van der Waals surface area (Å²) in [5.41, 5.74) is 5.11. The van der Waals surface area contributed by atoms with Gasteiger partial charge in [-0.2, -0.15) is 5.10 Å². The average Bonchev–Trinajstić information content (AvgIpc) is 3.34. The van der Waals surface area contributed by atoms with Gasteiger partial charge in [0.2, 0.25) is 11.8 Å². The van der Waals surface area contributed by atoms with Gasteiger partial charge in [-0.1, -0.05) is 24.3 Å². The van der Waals surface area contributed by atoms with E-state index in [2.05, 4.69) is 15.1 Å². The van der Waals surface area contributed by atoms with Crippen molar-refractivity contribution < 1.29 is 14.6 Å². The molecule has 5 rings (SSSR count). The highest BCUT2D eigenvalue weighted by atomic mass is 16.5. The third-order valence-electron chi connectivity index (χ3n) is 6.28. The Labute approximate surface area is 209 Å². The molecule has 1 amide bonds. The molecule has 182 valence electrons. The molecule has 0 bridgehead atoms. The van der Waals surface area contributed by atoms with Gasteiger partial charge in [0, 0.05) is 29.6 Å². The Bertz CT molecular complexity index is 1410. The number of ether oxygens (including phenoxy) is 1. The van der Waals surface area contributed by atoms with E-state index in [0.29, 0.717) is 36.6 Å². The number of phenolic OH excluding ortho intramolecular Hbond substituents is 1. The van der Waals surface area contributed by atoms with Gasteiger partial charge in [-0.3, -0.25) is 14.5 Å². The molecule has 1 aromatic carbocycles. The van der Waals surface area contributed by atoms with Crippen LogP contribution >= 0.6 is 0 Å². The van der Waals surface area contributed by atoms with Crippen molar-refractivity contribution in [2.45, 2.75) is 32.4 Å². The summed E-state index contributed by atoms with van der Waals surface area (Å²) in [5, 5.41) is 14.8. The second-order valence-electron chi connectivity index (χ2n) is 8.82. The molecule has 1 unspecified atom stereocenters. The molecule has 8 heteroatoms. The number of carbonyl (C=O) groups is 1. The minimum absolute atomic E-state index is 0.0775. The number of pyridine rings is 2. The van der Waals surface area contributed by atoms with E-state index in [9.17, 15) is 9.90 Å². The standard InChI is InChI=1S/C28H27N5O3/c1-19-11-12-29-21(13-19)18-32-16-20(14-31-32)17-33(22-9-10-27(36-2)30-15-22)28(35)25-7-3-6-24-23(25)5-4-8-26(24)34/h3-6,8-16,25,34H,7,17-18H2,1-2H3. The third-order valence-corrected chi connectivity index (χ3v) is 6.28. The van der Waals surface area contributed by atoms with Crippen LogP contribution in [0.15, 0.2) is 73.3 Å². The average molecular weight is 482 g/mol. The van der Waals surface area contributed by atoms with Crippen molar-refractivity contribution in [1.82, 2.24) is 19.7 Å². The summed E-state index contributed by atoms with van der Waals surface area (Å²) >= 11 is 0. The molecule has 0 fully saturated rings. The summed E-state index contributed by atoms with van der Waals surface area (Å²) < 4.78 is 7.02. The minimum Gasteiger partial charge on any atom is -0.507 e. The Morgan fingerprint density at radius 3 is 2.86 bits per heavy atom. The number of fused-ring (bicyclic) bond motifs is 1. The number of nitrogens with zero attached hydrogens (tertiary/aromatic N) is 5. The molecule has 0 saturated heterocycles. The molecule has 4 aromatic rings. The zero-order valence-corrected chi connectivity index (χ0v) is 20.2. The maximum atomic E-state index is 14.0. The number of carbonyl (C=O) groups excluding carboxylic acids is 1. The topological polar surface area (TPSA) is 93.4 Å². The zero-order valence-electron chi connectivity index (χ0n) is 20.2. The summed E-state index contributed by atoms with van der Waals surface area (Å²) in [5.74, 6) is 0.141. The van der Waals surface area contributed by atoms with Crippen molar-refractivity contribution >= 4 is 17.7 Å². The van der Waals surface area contributed by atoms with Gasteiger partial charge < -0.3 is 14.7 Å². The first-order valence-corrected chi connectivity index (χ1v) is 11.7. The fourth-order valence-corrected chi connectivity index (χ4v) is 4.48. The van der Waals surface area contributed by atoms with Gasteiger partial charge in [-0.25, -0.2) is 4.98 Å². The Balaban J connectivity index is 1.44. The van der Waals surface area contributed by atoms with Crippen molar-refractivity contribution in [3.63, 3.8) is 0 Å². The van der Waals surface area contributed by atoms with Crippen LogP contribution in [-0.2, 0) is 17.9 Å². The van der Waals surface area contributed by atoms with E-state index in [-0.39, 0.29) is 11.7 Å². The van der Waals surface area contributed by atoms with Gasteiger partial charge in [0.1, 0.15) is 5.75 Å². The summed E-state index contributed by atoms with van der Waals surface area (Å²) in [6.45, 7) is 2.90. The minimum atomic E-state index is -0.425. The Morgan fingerprint density at radius 1 is 1.19 bits per heavy atom. The molecule has 1 atom stereocenters.